The van der Waals surface area contributed by atoms with Crippen LogP contribution in [0.5, 0.6) is 5.75 Å². The molecule has 0 bridgehead atoms. The van der Waals surface area contributed by atoms with E-state index in [4.69, 9.17) is 4.74 Å². The maximum Gasteiger partial charge on any atom is 0.295 e. The van der Waals surface area contributed by atoms with Gasteiger partial charge in [-0.2, -0.15) is 0 Å². The van der Waals surface area contributed by atoms with Gasteiger partial charge in [0.25, 0.3) is 11.7 Å². The standard InChI is InChI=1S/C27H21NO4S/c1-32-21-9-4-6-17(14-21)16-28-24(22-10-5-13-33-22)23(26(30)27(28)31)25(29)20-12-11-18-7-2-3-8-19(18)15-20/h2-15,24,29H,16H2,1H3/b25-23-. The molecule has 33 heavy (non-hydrogen) atoms. The van der Waals surface area contributed by atoms with Crippen LogP contribution >= 0.6 is 11.3 Å². The molecule has 5 nitrogen and oxygen atoms in total. The number of fused-ring (bicyclic) bond motifs is 1. The van der Waals surface area contributed by atoms with Gasteiger partial charge < -0.3 is 14.7 Å². The van der Waals surface area contributed by atoms with Crippen molar-refractivity contribution in [2.24, 2.45) is 0 Å². The molecule has 1 saturated heterocycles. The van der Waals surface area contributed by atoms with Crippen molar-refractivity contribution in [1.82, 2.24) is 4.90 Å². The third kappa shape index (κ3) is 3.79. The highest BCUT2D eigenvalue weighted by Gasteiger charge is 2.46. The lowest BCUT2D eigenvalue weighted by molar-refractivity contribution is -0.140. The fourth-order valence-corrected chi connectivity index (χ4v) is 5.09. The number of ketones is 1. The topological polar surface area (TPSA) is 66.8 Å². The molecular weight excluding hydrogens is 434 g/mol. The molecule has 1 aromatic heterocycles. The first-order chi connectivity index (χ1) is 16.1. The van der Waals surface area contributed by atoms with Crippen LogP contribution in [-0.4, -0.2) is 28.8 Å². The van der Waals surface area contributed by atoms with E-state index in [9.17, 15) is 14.7 Å². The van der Waals surface area contributed by atoms with Crippen LogP contribution in [-0.2, 0) is 16.1 Å². The monoisotopic (exact) mass is 455 g/mol. The lowest BCUT2D eigenvalue weighted by Crippen LogP contribution is -2.28. The number of amides is 1. The third-order valence-electron chi connectivity index (χ3n) is 5.86. The average molecular weight is 456 g/mol. The molecule has 1 fully saturated rings. The van der Waals surface area contributed by atoms with Gasteiger partial charge in [-0.3, -0.25) is 9.59 Å². The largest absolute Gasteiger partial charge is 0.507 e. The number of thiophene rings is 1. The predicted octanol–water partition coefficient (Wildman–Crippen LogP) is 5.53. The van der Waals surface area contributed by atoms with Crippen molar-refractivity contribution >= 4 is 39.6 Å². The smallest absolute Gasteiger partial charge is 0.295 e. The molecule has 164 valence electrons. The SMILES string of the molecule is COc1cccc(CN2C(=O)C(=O)/C(=C(\O)c3ccc4ccccc4c3)C2c2cccs2)c1. The zero-order valence-corrected chi connectivity index (χ0v) is 18.7. The summed E-state index contributed by atoms with van der Waals surface area (Å²) in [6.07, 6.45) is 0. The van der Waals surface area contributed by atoms with Gasteiger partial charge in [-0.05, 0) is 46.0 Å². The molecule has 0 radical (unpaired) electrons. The van der Waals surface area contributed by atoms with Gasteiger partial charge >= 0.3 is 0 Å². The number of benzene rings is 3. The Morgan fingerprint density at radius 3 is 2.55 bits per heavy atom. The minimum atomic E-state index is -0.679. The van der Waals surface area contributed by atoms with Gasteiger partial charge in [0.15, 0.2) is 0 Å². The molecule has 2 heterocycles. The first kappa shape index (κ1) is 21.0. The number of hydrogen-bond donors (Lipinski definition) is 1. The number of hydrogen-bond acceptors (Lipinski definition) is 5. The Labute approximate surface area is 195 Å². The fourth-order valence-electron chi connectivity index (χ4n) is 4.25. The lowest BCUT2D eigenvalue weighted by atomic mass is 9.98. The second-order valence-electron chi connectivity index (χ2n) is 7.86. The molecule has 0 aliphatic carbocycles. The minimum Gasteiger partial charge on any atom is -0.507 e. The molecule has 4 aromatic rings. The number of Topliss-reactive ketones (excluding diaryl/α,β-unsaturated/α-hetero) is 1. The number of methoxy groups -OCH3 is 1. The second-order valence-corrected chi connectivity index (χ2v) is 8.84. The van der Waals surface area contributed by atoms with Crippen molar-refractivity contribution in [2.45, 2.75) is 12.6 Å². The van der Waals surface area contributed by atoms with Gasteiger partial charge in [-0.1, -0.05) is 54.6 Å². The van der Waals surface area contributed by atoms with Crippen molar-refractivity contribution in [3.63, 3.8) is 0 Å². The lowest BCUT2D eigenvalue weighted by Gasteiger charge is -2.24. The van der Waals surface area contributed by atoms with Crippen LogP contribution in [0.3, 0.4) is 0 Å². The molecule has 6 heteroatoms. The fraction of sp³-hybridized carbons (Fsp3) is 0.111. The Kier molecular flexibility index (Phi) is 5.44. The van der Waals surface area contributed by atoms with E-state index in [1.165, 1.54) is 16.2 Å². The predicted molar refractivity (Wildman–Crippen MR) is 129 cm³/mol. The third-order valence-corrected chi connectivity index (χ3v) is 6.79. The number of nitrogens with zero attached hydrogens (tertiary/aromatic N) is 1. The van der Waals surface area contributed by atoms with Crippen molar-refractivity contribution < 1.29 is 19.4 Å². The Morgan fingerprint density at radius 2 is 1.79 bits per heavy atom. The van der Waals surface area contributed by atoms with Crippen molar-refractivity contribution in [2.75, 3.05) is 7.11 Å². The Bertz CT molecular complexity index is 1390. The van der Waals surface area contributed by atoms with Gasteiger partial charge in [-0.15, -0.1) is 11.3 Å². The van der Waals surface area contributed by atoms with E-state index in [1.54, 1.807) is 13.2 Å². The zero-order chi connectivity index (χ0) is 22.9. The number of carbonyl (C=O) groups is 2. The highest BCUT2D eigenvalue weighted by molar-refractivity contribution is 7.10. The van der Waals surface area contributed by atoms with Crippen LogP contribution in [0.15, 0.2) is 89.8 Å². The van der Waals surface area contributed by atoms with E-state index in [1.807, 2.05) is 78.2 Å². The summed E-state index contributed by atoms with van der Waals surface area (Å²) in [4.78, 5) is 28.7. The van der Waals surface area contributed by atoms with Gasteiger partial charge in [-0.25, -0.2) is 0 Å². The van der Waals surface area contributed by atoms with Gasteiger partial charge in [0.2, 0.25) is 0 Å². The zero-order valence-electron chi connectivity index (χ0n) is 17.9. The molecule has 1 amide bonds. The Morgan fingerprint density at radius 1 is 0.970 bits per heavy atom. The van der Waals surface area contributed by atoms with Gasteiger partial charge in [0.1, 0.15) is 11.5 Å². The number of rotatable bonds is 5. The highest BCUT2D eigenvalue weighted by Crippen LogP contribution is 2.42. The normalized spacial score (nSPS) is 17.6. The summed E-state index contributed by atoms with van der Waals surface area (Å²) in [5.41, 5.74) is 1.46. The first-order valence-corrected chi connectivity index (χ1v) is 11.4. The summed E-state index contributed by atoms with van der Waals surface area (Å²) in [5, 5.41) is 15.1. The van der Waals surface area contributed by atoms with Crippen LogP contribution in [0.4, 0.5) is 0 Å². The van der Waals surface area contributed by atoms with E-state index in [0.29, 0.717) is 11.3 Å². The summed E-state index contributed by atoms with van der Waals surface area (Å²) >= 11 is 1.45. The molecule has 3 aromatic carbocycles. The van der Waals surface area contributed by atoms with E-state index >= 15 is 0 Å². The number of ether oxygens (including phenoxy) is 1. The number of aliphatic hydroxyl groups excluding tert-OH is 1. The Hall–Kier alpha value is -3.90. The van der Waals surface area contributed by atoms with Crippen LogP contribution in [0.1, 0.15) is 22.0 Å². The second kappa shape index (κ2) is 8.56. The van der Waals surface area contributed by atoms with Crippen LogP contribution < -0.4 is 4.74 Å². The molecule has 0 saturated carbocycles. The molecule has 5 rings (SSSR count). The van der Waals surface area contributed by atoms with E-state index < -0.39 is 17.7 Å². The van der Waals surface area contributed by atoms with Crippen molar-refractivity contribution in [1.29, 1.82) is 0 Å². The summed E-state index contributed by atoms with van der Waals surface area (Å²) in [6.45, 7) is 0.221. The quantitative estimate of drug-likeness (QED) is 0.244. The van der Waals surface area contributed by atoms with Crippen LogP contribution in [0, 0.1) is 0 Å². The molecule has 1 atom stereocenters. The van der Waals surface area contributed by atoms with Gasteiger partial charge in [0, 0.05) is 17.0 Å². The molecule has 1 aliphatic heterocycles. The van der Waals surface area contributed by atoms with E-state index in [-0.39, 0.29) is 17.9 Å². The van der Waals surface area contributed by atoms with Crippen molar-refractivity contribution in [3.8, 4) is 5.75 Å². The summed E-state index contributed by atoms with van der Waals surface area (Å²) < 4.78 is 5.30. The highest BCUT2D eigenvalue weighted by atomic mass is 32.1. The summed E-state index contributed by atoms with van der Waals surface area (Å²) in [7, 11) is 1.58. The molecule has 0 spiro atoms. The molecule has 1 N–H and O–H groups in total. The van der Waals surface area contributed by atoms with Crippen LogP contribution in [0.25, 0.3) is 16.5 Å². The first-order valence-electron chi connectivity index (χ1n) is 10.5. The van der Waals surface area contributed by atoms with Crippen molar-refractivity contribution in [3.05, 3.63) is 106 Å². The number of aliphatic hydroxyl groups is 1. The van der Waals surface area contributed by atoms with Gasteiger partial charge in [0.05, 0.1) is 18.7 Å². The molecule has 1 aliphatic rings. The Balaban J connectivity index is 1.62. The average Bonchev–Trinajstić information content (AvgIpc) is 3.46. The number of likely N-dealkylation sites (tertiary alicyclic amines) is 1. The van der Waals surface area contributed by atoms with E-state index in [0.717, 1.165) is 21.2 Å². The maximum atomic E-state index is 13.2. The van der Waals surface area contributed by atoms with Crippen LogP contribution in [0.2, 0.25) is 0 Å². The summed E-state index contributed by atoms with van der Waals surface area (Å²) in [5.74, 6) is -0.793. The minimum absolute atomic E-state index is 0.112. The number of carbonyl (C=O) groups excluding carboxylic acids is 2. The maximum absolute atomic E-state index is 13.2. The van der Waals surface area contributed by atoms with E-state index in [2.05, 4.69) is 0 Å². The summed E-state index contributed by atoms with van der Waals surface area (Å²) in [6, 6.07) is 23.8. The molecular formula is C27H21NO4S. The molecule has 1 unspecified atom stereocenters.